The molecule has 0 aromatic heterocycles. The smallest absolute Gasteiger partial charge is 0.0362 e. The molecular weight excluding hydrogens is 232 g/mol. The molecule has 2 fully saturated rings. The van der Waals surface area contributed by atoms with Crippen LogP contribution in [-0.2, 0) is 0 Å². The van der Waals surface area contributed by atoms with E-state index >= 15 is 0 Å². The monoisotopic (exact) mass is 266 g/mol. The van der Waals surface area contributed by atoms with Crippen molar-refractivity contribution in [3.63, 3.8) is 0 Å². The number of hydrogen-bond acceptors (Lipinski definition) is 2. The largest absolute Gasteiger partial charge is 0.312 e. The maximum atomic E-state index is 3.86. The Balaban J connectivity index is 2.09. The van der Waals surface area contributed by atoms with Crippen LogP contribution in [0, 0.1) is 0 Å². The second-order valence-electron chi connectivity index (χ2n) is 6.61. The molecule has 1 saturated heterocycles. The minimum Gasteiger partial charge on any atom is -0.312 e. The van der Waals surface area contributed by atoms with Crippen LogP contribution in [0.15, 0.2) is 0 Å². The van der Waals surface area contributed by atoms with E-state index in [-0.39, 0.29) is 0 Å². The SMILES string of the molecule is CCCCC(NCC)C1(N2CCCCC2)CCCC1. The lowest BCUT2D eigenvalue weighted by atomic mass is 9.82. The maximum Gasteiger partial charge on any atom is 0.0362 e. The molecule has 0 radical (unpaired) electrons. The zero-order chi connectivity index (χ0) is 13.6. The average molecular weight is 266 g/mol. The summed E-state index contributed by atoms with van der Waals surface area (Å²) in [7, 11) is 0. The molecular formula is C17H34N2. The lowest BCUT2D eigenvalue weighted by Crippen LogP contribution is -2.61. The molecule has 0 amide bonds. The van der Waals surface area contributed by atoms with Gasteiger partial charge in [-0.15, -0.1) is 0 Å². The summed E-state index contributed by atoms with van der Waals surface area (Å²) in [6.45, 7) is 8.44. The number of likely N-dealkylation sites (tertiary alicyclic amines) is 1. The van der Waals surface area contributed by atoms with Gasteiger partial charge in [0.25, 0.3) is 0 Å². The molecule has 1 aliphatic heterocycles. The number of rotatable bonds is 7. The van der Waals surface area contributed by atoms with Crippen LogP contribution in [0.1, 0.15) is 78.1 Å². The zero-order valence-corrected chi connectivity index (χ0v) is 13.2. The van der Waals surface area contributed by atoms with Crippen molar-refractivity contribution in [1.29, 1.82) is 0 Å². The van der Waals surface area contributed by atoms with Crippen LogP contribution in [-0.4, -0.2) is 36.1 Å². The van der Waals surface area contributed by atoms with E-state index in [1.165, 1.54) is 77.3 Å². The molecule has 1 atom stereocenters. The van der Waals surface area contributed by atoms with Gasteiger partial charge in [-0.05, 0) is 51.7 Å². The zero-order valence-electron chi connectivity index (χ0n) is 13.2. The highest BCUT2D eigenvalue weighted by Gasteiger charge is 2.45. The molecule has 0 spiro atoms. The molecule has 1 aliphatic carbocycles. The van der Waals surface area contributed by atoms with Crippen molar-refractivity contribution in [3.05, 3.63) is 0 Å². The minimum atomic E-state index is 0.506. The predicted molar refractivity (Wildman–Crippen MR) is 83.6 cm³/mol. The van der Waals surface area contributed by atoms with Crippen molar-refractivity contribution in [2.75, 3.05) is 19.6 Å². The molecule has 0 bridgehead atoms. The van der Waals surface area contributed by atoms with Crippen molar-refractivity contribution in [2.24, 2.45) is 0 Å². The molecule has 19 heavy (non-hydrogen) atoms. The van der Waals surface area contributed by atoms with Crippen LogP contribution >= 0.6 is 0 Å². The van der Waals surface area contributed by atoms with E-state index in [0.717, 1.165) is 12.6 Å². The van der Waals surface area contributed by atoms with E-state index in [9.17, 15) is 0 Å². The first kappa shape index (κ1) is 15.3. The number of nitrogens with zero attached hydrogens (tertiary/aromatic N) is 1. The molecule has 1 saturated carbocycles. The van der Waals surface area contributed by atoms with Crippen LogP contribution in [0.4, 0.5) is 0 Å². The van der Waals surface area contributed by atoms with Crippen LogP contribution in [0.2, 0.25) is 0 Å². The number of nitrogens with one attached hydrogen (secondary N) is 1. The molecule has 112 valence electrons. The van der Waals surface area contributed by atoms with E-state index in [1.807, 2.05) is 0 Å². The highest BCUT2D eigenvalue weighted by atomic mass is 15.2. The molecule has 1 N–H and O–H groups in total. The van der Waals surface area contributed by atoms with E-state index < -0.39 is 0 Å². The molecule has 0 aromatic carbocycles. The van der Waals surface area contributed by atoms with E-state index in [0.29, 0.717) is 5.54 Å². The van der Waals surface area contributed by atoms with Crippen molar-refractivity contribution in [3.8, 4) is 0 Å². The summed E-state index contributed by atoms with van der Waals surface area (Å²) in [6, 6.07) is 0.734. The second kappa shape index (κ2) is 7.64. The van der Waals surface area contributed by atoms with Crippen LogP contribution in [0.25, 0.3) is 0 Å². The quantitative estimate of drug-likeness (QED) is 0.750. The van der Waals surface area contributed by atoms with Crippen molar-refractivity contribution < 1.29 is 0 Å². The molecule has 1 heterocycles. The highest BCUT2D eigenvalue weighted by molar-refractivity contribution is 5.04. The summed E-state index contributed by atoms with van der Waals surface area (Å²) < 4.78 is 0. The first-order valence-electron chi connectivity index (χ1n) is 8.82. The number of unbranched alkanes of at least 4 members (excludes halogenated alkanes) is 1. The van der Waals surface area contributed by atoms with E-state index in [2.05, 4.69) is 24.1 Å². The highest BCUT2D eigenvalue weighted by Crippen LogP contribution is 2.41. The molecule has 2 aliphatic rings. The van der Waals surface area contributed by atoms with Gasteiger partial charge in [0, 0.05) is 11.6 Å². The second-order valence-corrected chi connectivity index (χ2v) is 6.61. The van der Waals surface area contributed by atoms with E-state index in [4.69, 9.17) is 0 Å². The predicted octanol–water partition coefficient (Wildman–Crippen LogP) is 3.95. The number of piperidine rings is 1. The summed E-state index contributed by atoms with van der Waals surface area (Å²) in [6.07, 6.45) is 14.2. The van der Waals surface area contributed by atoms with E-state index in [1.54, 1.807) is 0 Å². The fourth-order valence-electron chi connectivity index (χ4n) is 4.43. The minimum absolute atomic E-state index is 0.506. The van der Waals surface area contributed by atoms with Gasteiger partial charge in [0.05, 0.1) is 0 Å². The average Bonchev–Trinajstić information content (AvgIpc) is 2.95. The fraction of sp³-hybridized carbons (Fsp3) is 1.00. The van der Waals surface area contributed by atoms with Crippen LogP contribution in [0.3, 0.4) is 0 Å². The summed E-state index contributed by atoms with van der Waals surface area (Å²) in [4.78, 5) is 2.88. The van der Waals surface area contributed by atoms with Gasteiger partial charge in [-0.3, -0.25) is 4.90 Å². The first-order valence-corrected chi connectivity index (χ1v) is 8.82. The Kier molecular flexibility index (Phi) is 6.15. The Morgan fingerprint density at radius 3 is 2.26 bits per heavy atom. The summed E-state index contributed by atoms with van der Waals surface area (Å²) in [5, 5.41) is 3.86. The lowest BCUT2D eigenvalue weighted by Gasteiger charge is -2.49. The lowest BCUT2D eigenvalue weighted by molar-refractivity contribution is 0.0337. The topological polar surface area (TPSA) is 15.3 Å². The van der Waals surface area contributed by atoms with Crippen LogP contribution < -0.4 is 5.32 Å². The molecule has 2 heteroatoms. The van der Waals surface area contributed by atoms with Gasteiger partial charge in [0.2, 0.25) is 0 Å². The molecule has 2 nitrogen and oxygen atoms in total. The Morgan fingerprint density at radius 2 is 1.68 bits per heavy atom. The normalized spacial score (nSPS) is 25.6. The third-order valence-corrected chi connectivity index (χ3v) is 5.40. The third-order valence-electron chi connectivity index (χ3n) is 5.40. The molecule has 1 unspecified atom stereocenters. The van der Waals surface area contributed by atoms with Gasteiger partial charge < -0.3 is 5.32 Å². The first-order chi connectivity index (χ1) is 9.33. The third kappa shape index (κ3) is 3.52. The van der Waals surface area contributed by atoms with Gasteiger partial charge in [0.1, 0.15) is 0 Å². The van der Waals surface area contributed by atoms with Gasteiger partial charge >= 0.3 is 0 Å². The van der Waals surface area contributed by atoms with Gasteiger partial charge in [-0.2, -0.15) is 0 Å². The molecule has 0 aromatic rings. The van der Waals surface area contributed by atoms with Gasteiger partial charge in [-0.25, -0.2) is 0 Å². The Hall–Kier alpha value is -0.0800. The van der Waals surface area contributed by atoms with Gasteiger partial charge in [-0.1, -0.05) is 46.0 Å². The summed E-state index contributed by atoms with van der Waals surface area (Å²) >= 11 is 0. The Labute approximate surface area is 120 Å². The summed E-state index contributed by atoms with van der Waals surface area (Å²) in [5.74, 6) is 0. The number of likely N-dealkylation sites (N-methyl/N-ethyl adjacent to an activating group) is 1. The Morgan fingerprint density at radius 1 is 1.00 bits per heavy atom. The fourth-order valence-corrected chi connectivity index (χ4v) is 4.43. The van der Waals surface area contributed by atoms with Crippen LogP contribution in [0.5, 0.6) is 0 Å². The Bertz CT molecular complexity index is 240. The molecule has 2 rings (SSSR count). The maximum absolute atomic E-state index is 3.86. The standard InChI is InChI=1S/C17H34N2/c1-3-5-11-16(18-4-2)17(12-7-8-13-17)19-14-9-6-10-15-19/h16,18H,3-15H2,1-2H3. The van der Waals surface area contributed by atoms with Crippen molar-refractivity contribution >= 4 is 0 Å². The van der Waals surface area contributed by atoms with Crippen molar-refractivity contribution in [1.82, 2.24) is 10.2 Å². The summed E-state index contributed by atoms with van der Waals surface area (Å²) in [5.41, 5.74) is 0.506. The van der Waals surface area contributed by atoms with Gasteiger partial charge in [0.15, 0.2) is 0 Å². The number of hydrogen-bond donors (Lipinski definition) is 1. The van der Waals surface area contributed by atoms with Crippen molar-refractivity contribution in [2.45, 2.75) is 89.6 Å².